The number of rotatable bonds is 15. The van der Waals surface area contributed by atoms with Crippen LogP contribution in [0.25, 0.3) is 0 Å². The lowest BCUT2D eigenvalue weighted by atomic mass is 9.73. The van der Waals surface area contributed by atoms with Crippen LogP contribution >= 0.6 is 0 Å². The third-order valence-corrected chi connectivity index (χ3v) is 18.7. The van der Waals surface area contributed by atoms with E-state index in [1.807, 2.05) is 20.8 Å². The van der Waals surface area contributed by atoms with Crippen molar-refractivity contribution in [3.8, 4) is 0 Å². The van der Waals surface area contributed by atoms with Gasteiger partial charge in [0.1, 0.15) is 0 Å². The number of hydrogen-bond acceptors (Lipinski definition) is 8. The number of hydrogen-bond donors (Lipinski definition) is 2. The molecule has 2 N–H and O–H groups in total. The molecule has 4 saturated carbocycles. The monoisotopic (exact) mass is 876 g/mol. The molecule has 0 aromatic carbocycles. The molecule has 3 saturated heterocycles. The van der Waals surface area contributed by atoms with Crippen LogP contribution < -0.4 is 10.0 Å². The second-order valence-electron chi connectivity index (χ2n) is 22.0. The molecule has 2 spiro atoms. The van der Waals surface area contributed by atoms with Crippen molar-refractivity contribution >= 4 is 39.5 Å². The predicted molar refractivity (Wildman–Crippen MR) is 227 cm³/mol. The van der Waals surface area contributed by atoms with E-state index >= 15 is 4.79 Å². The van der Waals surface area contributed by atoms with E-state index in [0.717, 1.165) is 38.5 Å². The van der Waals surface area contributed by atoms with E-state index in [1.54, 1.807) is 24.8 Å². The summed E-state index contributed by atoms with van der Waals surface area (Å²) >= 11 is 0. The molecular formula is C46H71F2N5O7S. The molecule has 61 heavy (non-hydrogen) atoms. The minimum Gasteiger partial charge on any atom is -0.345 e. The molecule has 15 heteroatoms. The molecule has 7 atom stereocenters. The van der Waals surface area contributed by atoms with E-state index in [4.69, 9.17) is 0 Å². The molecule has 3 amide bonds. The third-order valence-electron chi connectivity index (χ3n) is 17.2. The quantitative estimate of drug-likeness (QED) is 0.185. The second-order valence-corrected chi connectivity index (χ2v) is 23.7. The highest BCUT2D eigenvalue weighted by Gasteiger charge is 2.85. The molecular weight excluding hydrogens is 805 g/mol. The van der Waals surface area contributed by atoms with Gasteiger partial charge in [-0.3, -0.25) is 28.9 Å². The average Bonchev–Trinajstić information content (AvgIpc) is 3.55. The summed E-state index contributed by atoms with van der Waals surface area (Å²) in [5.74, 6) is -6.76. The van der Waals surface area contributed by atoms with Crippen molar-refractivity contribution in [2.24, 2.45) is 44.8 Å². The number of Topliss-reactive ketones (excluding diaryl/α,β-unsaturated/α-hetero) is 2. The number of fused-ring (bicyclic) bond motifs is 1. The summed E-state index contributed by atoms with van der Waals surface area (Å²) in [6.45, 7) is 18.0. The number of nitrogens with zero attached hydrogens (tertiary/aromatic N) is 3. The number of allylic oxidation sites excluding steroid dienone is 1. The Morgan fingerprint density at radius 1 is 0.869 bits per heavy atom. The first-order chi connectivity index (χ1) is 28.4. The van der Waals surface area contributed by atoms with Crippen LogP contribution in [0.2, 0.25) is 0 Å². The Labute approximate surface area is 362 Å². The first kappa shape index (κ1) is 46.2. The zero-order valence-corrected chi connectivity index (χ0v) is 38.4. The molecule has 7 rings (SSSR count). The van der Waals surface area contributed by atoms with Gasteiger partial charge in [-0.2, -0.15) is 12.7 Å². The number of halogens is 2. The second kappa shape index (κ2) is 16.0. The molecule has 7 aliphatic rings. The first-order valence-electron chi connectivity index (χ1n) is 23.1. The highest BCUT2D eigenvalue weighted by molar-refractivity contribution is 7.87. The maximum absolute atomic E-state index is 15.3. The number of ketones is 2. The Kier molecular flexibility index (Phi) is 12.1. The third kappa shape index (κ3) is 7.94. The Morgan fingerprint density at radius 3 is 2.03 bits per heavy atom. The molecule has 7 fully saturated rings. The standard InChI is InChI=1S/C46H71F2N5O7S/c1-9-31-23-43(31,40(58)50-61(59,60)51-20-13-14-21-51)26-36(55)33-24-45(42(7,8)44(45)18-15-19-44)27-53(33)39(57)32(41(4,5)6)22-35(54)37(30-16-11-10-12-17-30)49-38(56)34-25-46(47,48)28-52(34)29(2)3/h9,29-34,37H,1,10-28H2,2-8H3,(H,49,56)(H,50,58)/t31-,32-,33+,34+,37?,43-,45-/m1/s1. The smallest absolute Gasteiger partial charge is 0.303 e. The number of nitrogens with one attached hydrogen (secondary N) is 2. The topological polar surface area (TPSA) is 153 Å². The minimum atomic E-state index is -4.10. The predicted octanol–water partition coefficient (Wildman–Crippen LogP) is 6.20. The molecule has 1 unspecified atom stereocenters. The fourth-order valence-corrected chi connectivity index (χ4v) is 14.3. The van der Waals surface area contributed by atoms with Crippen LogP contribution in [0.1, 0.15) is 145 Å². The lowest BCUT2D eigenvalue weighted by Crippen LogP contribution is -2.54. The fourth-order valence-electron chi connectivity index (χ4n) is 13.0. The van der Waals surface area contributed by atoms with Gasteiger partial charge >= 0.3 is 10.2 Å². The van der Waals surface area contributed by atoms with Crippen LogP contribution in [0, 0.1) is 44.8 Å². The number of likely N-dealkylation sites (tertiary alicyclic amines) is 2. The summed E-state index contributed by atoms with van der Waals surface area (Å²) in [5, 5.41) is 2.96. The van der Waals surface area contributed by atoms with Gasteiger partial charge in [-0.05, 0) is 93.3 Å². The maximum atomic E-state index is 15.3. The highest BCUT2D eigenvalue weighted by Crippen LogP contribution is 2.88. The summed E-state index contributed by atoms with van der Waals surface area (Å²) in [7, 11) is -4.10. The number of carbonyl (C=O) groups excluding carboxylic acids is 5. The van der Waals surface area contributed by atoms with Gasteiger partial charge < -0.3 is 10.2 Å². The van der Waals surface area contributed by atoms with Crippen molar-refractivity contribution in [1.82, 2.24) is 24.1 Å². The lowest BCUT2D eigenvalue weighted by molar-refractivity contribution is -0.147. The summed E-state index contributed by atoms with van der Waals surface area (Å²) in [4.78, 5) is 76.0. The van der Waals surface area contributed by atoms with Crippen molar-refractivity contribution in [3.05, 3.63) is 12.7 Å². The molecule has 3 heterocycles. The summed E-state index contributed by atoms with van der Waals surface area (Å²) in [6, 6.07) is -3.21. The molecule has 0 aromatic rings. The van der Waals surface area contributed by atoms with Gasteiger partial charge in [-0.25, -0.2) is 13.5 Å². The SMILES string of the molecule is C=C[C@@H]1C[C@]1(CC(=O)[C@@H]1C[C@@]2(CN1C(=O)[C@@H](CC(=O)C(NC(=O)[C@@H]1CC(F)(F)CN1C(C)C)C1CCCCC1)C(C)(C)C)C(C)(C)C21CCC1)C(=O)NS(=O)(=O)N1CCCC1. The van der Waals surface area contributed by atoms with Crippen LogP contribution in [0.3, 0.4) is 0 Å². The Bertz CT molecular complexity index is 1900. The van der Waals surface area contributed by atoms with Gasteiger partial charge in [0.25, 0.3) is 5.92 Å². The fraction of sp³-hybridized carbons (Fsp3) is 0.848. The Morgan fingerprint density at radius 2 is 1.51 bits per heavy atom. The summed E-state index contributed by atoms with van der Waals surface area (Å²) < 4.78 is 59.4. The molecule has 4 aliphatic carbocycles. The molecule has 0 bridgehead atoms. The van der Waals surface area contributed by atoms with E-state index in [1.165, 1.54) is 9.21 Å². The molecule has 12 nitrogen and oxygen atoms in total. The lowest BCUT2D eigenvalue weighted by Gasteiger charge is -2.37. The Hall–Kier alpha value is -2.78. The molecule has 3 aliphatic heterocycles. The number of alkyl halides is 2. The van der Waals surface area contributed by atoms with E-state index < -0.39 is 81.7 Å². The van der Waals surface area contributed by atoms with Crippen molar-refractivity contribution in [3.63, 3.8) is 0 Å². The van der Waals surface area contributed by atoms with Gasteiger partial charge in [0.05, 0.1) is 30.1 Å². The number of amides is 3. The maximum Gasteiger partial charge on any atom is 0.303 e. The van der Waals surface area contributed by atoms with E-state index in [2.05, 4.69) is 30.5 Å². The van der Waals surface area contributed by atoms with Crippen molar-refractivity contribution in [2.45, 2.75) is 175 Å². The van der Waals surface area contributed by atoms with Crippen molar-refractivity contribution < 1.29 is 41.2 Å². The van der Waals surface area contributed by atoms with E-state index in [0.29, 0.717) is 51.7 Å². The van der Waals surface area contributed by atoms with E-state index in [-0.39, 0.29) is 64.9 Å². The van der Waals surface area contributed by atoms with Gasteiger partial charge in [-0.1, -0.05) is 66.4 Å². The molecule has 0 radical (unpaired) electrons. The highest BCUT2D eigenvalue weighted by atomic mass is 32.2. The van der Waals surface area contributed by atoms with Crippen molar-refractivity contribution in [2.75, 3.05) is 26.2 Å². The van der Waals surface area contributed by atoms with Gasteiger partial charge in [0.2, 0.25) is 17.7 Å². The van der Waals surface area contributed by atoms with Crippen LogP contribution in [0.15, 0.2) is 12.7 Å². The summed E-state index contributed by atoms with van der Waals surface area (Å²) in [5.41, 5.74) is -2.57. The normalized spacial score (nSPS) is 33.0. The molecule has 0 aromatic heterocycles. The Balaban J connectivity index is 1.15. The summed E-state index contributed by atoms with van der Waals surface area (Å²) in [6.07, 6.45) is 9.83. The largest absolute Gasteiger partial charge is 0.345 e. The van der Waals surface area contributed by atoms with E-state index in [9.17, 15) is 36.4 Å². The van der Waals surface area contributed by atoms with Crippen LogP contribution in [-0.4, -0.2) is 108 Å². The number of carbonyl (C=O) groups is 5. The average molecular weight is 876 g/mol. The minimum absolute atomic E-state index is 0.0278. The van der Waals surface area contributed by atoms with Crippen LogP contribution in [-0.2, 0) is 34.2 Å². The van der Waals surface area contributed by atoms with Gasteiger partial charge in [-0.15, -0.1) is 6.58 Å². The first-order valence-corrected chi connectivity index (χ1v) is 24.6. The van der Waals surface area contributed by atoms with Crippen molar-refractivity contribution in [1.29, 1.82) is 0 Å². The van der Waals surface area contributed by atoms with Crippen LogP contribution in [0.5, 0.6) is 0 Å². The molecule has 342 valence electrons. The zero-order valence-electron chi connectivity index (χ0n) is 37.6. The van der Waals surface area contributed by atoms with Gasteiger partial charge in [0.15, 0.2) is 11.6 Å². The zero-order chi connectivity index (χ0) is 44.7. The van der Waals surface area contributed by atoms with Crippen LogP contribution in [0.4, 0.5) is 8.78 Å². The van der Waals surface area contributed by atoms with Gasteiger partial charge in [0, 0.05) is 56.3 Å².